The molecule has 5 rings (SSSR count). The van der Waals surface area contributed by atoms with Gasteiger partial charge in [-0.25, -0.2) is 0 Å². The molecule has 1 amide bonds. The van der Waals surface area contributed by atoms with Crippen LogP contribution < -0.4 is 5.32 Å². The third-order valence-corrected chi connectivity index (χ3v) is 6.77. The second kappa shape index (κ2) is 7.51. The Morgan fingerprint density at radius 2 is 1.93 bits per heavy atom. The Hall–Kier alpha value is -2.30. The highest BCUT2D eigenvalue weighted by Gasteiger charge is 2.28. The van der Waals surface area contributed by atoms with Crippen LogP contribution in [0.3, 0.4) is 0 Å². The molecule has 2 aliphatic heterocycles. The van der Waals surface area contributed by atoms with Crippen LogP contribution in [-0.4, -0.2) is 28.9 Å². The largest absolute Gasteiger partial charge is 0.355 e. The van der Waals surface area contributed by atoms with Crippen molar-refractivity contribution in [2.24, 2.45) is 0 Å². The van der Waals surface area contributed by atoms with E-state index < -0.39 is 0 Å². The first kappa shape index (κ1) is 18.7. The zero-order chi connectivity index (χ0) is 20.0. The van der Waals surface area contributed by atoms with Crippen LogP contribution >= 0.6 is 11.6 Å². The predicted octanol–water partition coefficient (Wildman–Crippen LogP) is 5.28. The minimum Gasteiger partial charge on any atom is -0.355 e. The average Bonchev–Trinajstić information content (AvgIpc) is 3.33. The van der Waals surface area contributed by atoms with Gasteiger partial charge in [-0.15, -0.1) is 0 Å². The van der Waals surface area contributed by atoms with Crippen LogP contribution in [-0.2, 0) is 19.5 Å². The summed E-state index contributed by atoms with van der Waals surface area (Å²) >= 11 is 6.56. The topological polar surface area (TPSA) is 48.1 Å². The van der Waals surface area contributed by atoms with Gasteiger partial charge in [0.2, 0.25) is 0 Å². The summed E-state index contributed by atoms with van der Waals surface area (Å²) in [7, 11) is 0. The Kier molecular flexibility index (Phi) is 4.84. The Morgan fingerprint density at radius 1 is 1.10 bits per heavy atom. The van der Waals surface area contributed by atoms with Gasteiger partial charge in [-0.1, -0.05) is 31.0 Å². The molecule has 3 heterocycles. The molecular formula is C24H26ClN3O. The molecule has 0 spiro atoms. The molecule has 0 bridgehead atoms. The van der Waals surface area contributed by atoms with Gasteiger partial charge in [0.1, 0.15) is 0 Å². The van der Waals surface area contributed by atoms with Gasteiger partial charge in [-0.05, 0) is 67.7 Å². The van der Waals surface area contributed by atoms with Gasteiger partial charge < -0.3 is 10.3 Å². The zero-order valence-electron chi connectivity index (χ0n) is 16.8. The summed E-state index contributed by atoms with van der Waals surface area (Å²) in [6.07, 6.45) is 4.81. The molecule has 2 aromatic carbocycles. The molecule has 1 fully saturated rings. The highest BCUT2D eigenvalue weighted by molar-refractivity contribution is 6.33. The highest BCUT2D eigenvalue weighted by Crippen LogP contribution is 2.37. The number of carbonyl (C=O) groups excluding carboxylic acids is 1. The van der Waals surface area contributed by atoms with Gasteiger partial charge in [0.05, 0.1) is 5.56 Å². The predicted molar refractivity (Wildman–Crippen MR) is 118 cm³/mol. The number of likely N-dealkylation sites (tertiary alicyclic amines) is 1. The van der Waals surface area contributed by atoms with E-state index in [-0.39, 0.29) is 5.91 Å². The number of nitrogens with zero attached hydrogens (tertiary/aromatic N) is 1. The van der Waals surface area contributed by atoms with E-state index in [0.29, 0.717) is 12.1 Å². The smallest absolute Gasteiger partial charge is 0.252 e. The van der Waals surface area contributed by atoms with Crippen molar-refractivity contribution >= 4 is 28.4 Å². The fourth-order valence-corrected chi connectivity index (χ4v) is 5.08. The Morgan fingerprint density at radius 3 is 2.72 bits per heavy atom. The molecular weight excluding hydrogens is 382 g/mol. The van der Waals surface area contributed by atoms with Crippen molar-refractivity contribution in [3.63, 3.8) is 0 Å². The standard InChI is InChI=1S/C24H26ClN3O/c1-2-16-11-18(22-19(23(16)25)13-26-24(22)29)21-12-17-10-15(6-7-20(17)27-21)14-28-8-4-3-5-9-28/h6-7,10-12,27H,2-5,8-9,13-14H2,1H3,(H,26,29). The molecule has 4 nitrogen and oxygen atoms in total. The number of aromatic nitrogens is 1. The van der Waals surface area contributed by atoms with Crippen LogP contribution in [0.2, 0.25) is 5.02 Å². The van der Waals surface area contributed by atoms with E-state index in [1.165, 1.54) is 43.3 Å². The van der Waals surface area contributed by atoms with Gasteiger partial charge in [0.25, 0.3) is 5.91 Å². The second-order valence-electron chi connectivity index (χ2n) is 8.23. The Bertz CT molecular complexity index is 1100. The summed E-state index contributed by atoms with van der Waals surface area (Å²) in [6, 6.07) is 10.9. The average molecular weight is 408 g/mol. The monoisotopic (exact) mass is 407 g/mol. The number of H-pyrrole nitrogens is 1. The molecule has 2 aliphatic rings. The van der Waals surface area contributed by atoms with Crippen LogP contribution in [0.5, 0.6) is 0 Å². The van der Waals surface area contributed by atoms with E-state index in [9.17, 15) is 4.79 Å². The normalized spacial score (nSPS) is 17.0. The van der Waals surface area contributed by atoms with E-state index in [0.717, 1.165) is 45.9 Å². The lowest BCUT2D eigenvalue weighted by Crippen LogP contribution is -2.28. The van der Waals surface area contributed by atoms with Gasteiger partial charge in [0.15, 0.2) is 0 Å². The summed E-state index contributed by atoms with van der Waals surface area (Å²) in [6.45, 7) is 6.01. The first-order valence-electron chi connectivity index (χ1n) is 10.6. The molecule has 2 N–H and O–H groups in total. The van der Waals surface area contributed by atoms with Crippen molar-refractivity contribution in [1.82, 2.24) is 15.2 Å². The number of benzene rings is 2. The molecule has 5 heteroatoms. The summed E-state index contributed by atoms with van der Waals surface area (Å²) in [5.74, 6) is -0.0380. The van der Waals surface area contributed by atoms with Gasteiger partial charge >= 0.3 is 0 Å². The number of aryl methyl sites for hydroxylation is 1. The number of piperidine rings is 1. The van der Waals surface area contributed by atoms with Gasteiger partial charge in [-0.2, -0.15) is 0 Å². The van der Waals surface area contributed by atoms with Crippen molar-refractivity contribution in [2.45, 2.75) is 45.7 Å². The molecule has 0 radical (unpaired) electrons. The molecule has 1 aromatic heterocycles. The van der Waals surface area contributed by atoms with E-state index in [4.69, 9.17) is 11.6 Å². The maximum Gasteiger partial charge on any atom is 0.252 e. The highest BCUT2D eigenvalue weighted by atomic mass is 35.5. The van der Waals surface area contributed by atoms with E-state index >= 15 is 0 Å². The fourth-order valence-electron chi connectivity index (χ4n) is 4.73. The molecule has 0 atom stereocenters. The number of hydrogen-bond donors (Lipinski definition) is 2. The van der Waals surface area contributed by atoms with Crippen molar-refractivity contribution in [1.29, 1.82) is 0 Å². The fraction of sp³-hybridized carbons (Fsp3) is 0.375. The first-order chi connectivity index (χ1) is 14.1. The van der Waals surface area contributed by atoms with Crippen molar-refractivity contribution < 1.29 is 4.79 Å². The molecule has 1 saturated heterocycles. The first-order valence-corrected chi connectivity index (χ1v) is 11.0. The van der Waals surface area contributed by atoms with E-state index in [2.05, 4.69) is 52.5 Å². The molecule has 150 valence electrons. The summed E-state index contributed by atoms with van der Waals surface area (Å²) < 4.78 is 0. The summed E-state index contributed by atoms with van der Waals surface area (Å²) in [5.41, 5.74) is 7.10. The zero-order valence-corrected chi connectivity index (χ0v) is 17.5. The lowest BCUT2D eigenvalue weighted by atomic mass is 9.96. The molecule has 0 unspecified atom stereocenters. The molecule has 0 saturated carbocycles. The number of rotatable bonds is 4. The van der Waals surface area contributed by atoms with E-state index in [1.807, 2.05) is 0 Å². The number of aromatic amines is 1. The van der Waals surface area contributed by atoms with Crippen LogP contribution in [0.15, 0.2) is 30.3 Å². The Balaban J connectivity index is 1.54. The molecule has 3 aromatic rings. The minimum atomic E-state index is -0.0380. The molecule has 29 heavy (non-hydrogen) atoms. The minimum absolute atomic E-state index is 0.0380. The maximum absolute atomic E-state index is 12.5. The van der Waals surface area contributed by atoms with Crippen LogP contribution in [0.25, 0.3) is 22.2 Å². The number of halogens is 1. The number of amides is 1. The number of hydrogen-bond acceptors (Lipinski definition) is 2. The lowest BCUT2D eigenvalue weighted by molar-refractivity contribution is 0.0966. The molecule has 0 aliphatic carbocycles. The number of fused-ring (bicyclic) bond motifs is 2. The summed E-state index contributed by atoms with van der Waals surface area (Å²) in [5, 5.41) is 4.85. The van der Waals surface area contributed by atoms with E-state index in [1.54, 1.807) is 0 Å². The van der Waals surface area contributed by atoms with Gasteiger partial charge in [-0.3, -0.25) is 9.69 Å². The van der Waals surface area contributed by atoms with Crippen molar-refractivity contribution in [2.75, 3.05) is 13.1 Å². The number of carbonyl (C=O) groups is 1. The maximum atomic E-state index is 12.5. The quantitative estimate of drug-likeness (QED) is 0.618. The number of nitrogens with one attached hydrogen (secondary N) is 2. The van der Waals surface area contributed by atoms with Crippen LogP contribution in [0.1, 0.15) is 53.2 Å². The van der Waals surface area contributed by atoms with Crippen LogP contribution in [0.4, 0.5) is 0 Å². The van der Waals surface area contributed by atoms with Crippen molar-refractivity contribution in [3.8, 4) is 11.3 Å². The van der Waals surface area contributed by atoms with Crippen LogP contribution in [0, 0.1) is 0 Å². The van der Waals surface area contributed by atoms with Crippen molar-refractivity contribution in [3.05, 3.63) is 57.6 Å². The SMILES string of the molecule is CCc1cc(-c2cc3cc(CN4CCCCC4)ccc3[nH]2)c2c(c1Cl)CNC2=O. The second-order valence-corrected chi connectivity index (χ2v) is 8.61. The Labute approximate surface area is 176 Å². The third kappa shape index (κ3) is 3.34. The summed E-state index contributed by atoms with van der Waals surface area (Å²) in [4.78, 5) is 18.6. The third-order valence-electron chi connectivity index (χ3n) is 6.30. The lowest BCUT2D eigenvalue weighted by Gasteiger charge is -2.26. The van der Waals surface area contributed by atoms with Gasteiger partial charge in [0, 0.05) is 45.8 Å².